The summed E-state index contributed by atoms with van der Waals surface area (Å²) in [4.78, 5) is 35.3. The van der Waals surface area contributed by atoms with Crippen molar-refractivity contribution in [2.75, 3.05) is 21.3 Å². The molecule has 0 radical (unpaired) electrons. The summed E-state index contributed by atoms with van der Waals surface area (Å²) in [6.45, 7) is 0. The molecule has 16 aliphatic carbocycles. The zero-order chi connectivity index (χ0) is 100. The number of oxazole rings is 4. The third kappa shape index (κ3) is 14.9. The van der Waals surface area contributed by atoms with Gasteiger partial charge in [0, 0.05) is 80.8 Å². The van der Waals surface area contributed by atoms with Gasteiger partial charge in [-0.25, -0.2) is 50.7 Å². The number of hydrogen-bond donors (Lipinski definition) is 8. The van der Waals surface area contributed by atoms with Crippen LogP contribution in [0.5, 0.6) is 0 Å². The SMILES string of the molecule is N#Cc1ccc2oc(NC3C4CC5CC3CC(C(O)CC3c6c(F)cccc6-c6cncn63)(C5)C4)nc2c1.OC(CC1c2c(F)cccc2-c2cncn21)C12CC3CC(C1)C(Nc1nc4c(F)cccc4o1)C(C3)C2.OC(CC1c2c(F)cccc2-c2cncn21)C12CC3CC(C1)C(Nc1nc4cc(F)ccc4o1)C(C3)C2.OC(CC1c2c(F)cccc2-c2cncn21)C12CC3CC(C1)C(Nc1nc4ccc(F)cc4o1)C(C3)C2. The van der Waals surface area contributed by atoms with Crippen LogP contribution in [-0.2, 0) is 0 Å². The highest BCUT2D eigenvalue weighted by molar-refractivity contribution is 5.79. The van der Waals surface area contributed by atoms with Crippen LogP contribution in [0.3, 0.4) is 0 Å². The second kappa shape index (κ2) is 34.5. The number of aromatic nitrogens is 12. The van der Waals surface area contributed by atoms with Gasteiger partial charge in [0.1, 0.15) is 57.0 Å². The van der Waals surface area contributed by atoms with Crippen LogP contribution >= 0.6 is 0 Å². The molecule has 8 N–H and O–H groups in total. The standard InChI is InChI=1S/C30H28FN5O2.3C29H28F2N4O2/c31-21-3-1-2-20-24-14-33-15-36(24)23(27(20)21)9-26(37)30-10-17-6-18(11-30)28(19(7-17)12-30)35-29-34-22-8-16(13-32)4-5-25(22)38-29;30-19-4-1-3-18-22-13-32-14-35(22)21(25(18)19)9-24(36)29-10-15-7-16(11-29)26(17(8-15)12-29)33-28-34-27-20(31)5-2-6-23(27)37-28;30-18-4-5-24-21(8-18)33-28(37-24)34-27-16-6-15-7-17(27)12-29(10-15,11-16)25(36)9-22-26-19(2-1-3-20(26)31)23-13-32-14-35(22)23;30-18-4-5-21-24(8-18)37-28(33-21)34-27-16-6-15-7-17(27)12-29(10-15,11-16)25(36)9-22-26-19(2-1-3-20(26)31)23-13-32-14-35(22)23/h1-5,8,14-15,17-19,23,26,28,37H,6-7,9-12H2,(H,34,35);1-6,13-17,21,24,26,36H,7-12H2,(H,33,34);2*1-5,8,13-17,22,25,27,36H,6-7,9-12H2,(H,33,34). The van der Waals surface area contributed by atoms with Crippen LogP contribution < -0.4 is 21.3 Å². The number of benzene rings is 8. The van der Waals surface area contributed by atoms with E-state index in [4.69, 9.17) is 17.7 Å². The zero-order valence-corrected chi connectivity index (χ0v) is 81.7. The van der Waals surface area contributed by atoms with E-state index < -0.39 is 24.4 Å². The number of aliphatic hydroxyl groups excluding tert-OH is 4. The summed E-state index contributed by atoms with van der Waals surface area (Å²) in [5.74, 6) is 3.73. The van der Waals surface area contributed by atoms with E-state index in [1.807, 2.05) is 42.5 Å². The first-order valence-corrected chi connectivity index (χ1v) is 53.4. The normalized spacial score (nSPS) is 31.8. The quantitative estimate of drug-likeness (QED) is 0.0329. The second-order valence-electron chi connectivity index (χ2n) is 47.3. The lowest BCUT2D eigenvalue weighted by atomic mass is 9.46. The molecule has 16 atom stereocenters. The summed E-state index contributed by atoms with van der Waals surface area (Å²) < 4.78 is 133. The molecule has 16 unspecified atom stereocenters. The number of hydrogen-bond acceptors (Lipinski definition) is 21. The molecule has 762 valence electrons. The number of anilines is 4. The highest BCUT2D eigenvalue weighted by Crippen LogP contribution is 2.69. The number of rotatable bonds is 20. The average molecular weight is 2020 g/mol. The number of halogens is 7. The molecule has 0 spiro atoms. The molecule has 36 rings (SSSR count). The summed E-state index contributed by atoms with van der Waals surface area (Å²) in [6, 6.07) is 43.5. The third-order valence-electron chi connectivity index (χ3n) is 39.3. The van der Waals surface area contributed by atoms with Gasteiger partial charge in [0.25, 0.3) is 24.1 Å². The molecule has 8 aromatic carbocycles. The first-order valence-electron chi connectivity index (χ1n) is 53.4. The average Bonchev–Trinajstić information content (AvgIpc) is 1.73. The Labute approximate surface area is 852 Å². The molecule has 12 heterocycles. The number of nitrogens with zero attached hydrogens (tertiary/aromatic N) is 13. The van der Waals surface area contributed by atoms with Crippen LogP contribution in [0.2, 0.25) is 0 Å². The van der Waals surface area contributed by atoms with E-state index in [0.29, 0.717) is 187 Å². The predicted octanol–water partition coefficient (Wildman–Crippen LogP) is 23.5. The van der Waals surface area contributed by atoms with Gasteiger partial charge < -0.3 is 77.6 Å². The van der Waals surface area contributed by atoms with Gasteiger partial charge in [-0.1, -0.05) is 54.6 Å². The zero-order valence-electron chi connectivity index (χ0n) is 81.7. The molecule has 16 saturated carbocycles. The molecule has 149 heavy (non-hydrogen) atoms. The van der Waals surface area contributed by atoms with Crippen LogP contribution in [0, 0.1) is 145 Å². The van der Waals surface area contributed by atoms with Crippen molar-refractivity contribution >= 4 is 68.5 Å². The lowest BCUT2D eigenvalue weighted by molar-refractivity contribution is -0.129. The number of aliphatic hydroxyl groups is 4. The van der Waals surface area contributed by atoms with Crippen molar-refractivity contribution in [2.24, 2.45) is 92.7 Å². The van der Waals surface area contributed by atoms with Crippen LogP contribution in [0.4, 0.5) is 54.8 Å². The Kier molecular flexibility index (Phi) is 21.3. The molecule has 25 nitrogen and oxygen atoms in total. The minimum atomic E-state index is -0.536. The van der Waals surface area contributed by atoms with Gasteiger partial charge in [0.2, 0.25) is 0 Å². The molecule has 16 bridgehead atoms. The third-order valence-corrected chi connectivity index (χ3v) is 39.3. The lowest BCUT2D eigenvalue weighted by Crippen LogP contribution is -2.59. The Morgan fingerprint density at radius 1 is 0.322 bits per heavy atom. The molecule has 0 saturated heterocycles. The number of imidazole rings is 4. The number of nitriles is 1. The lowest BCUT2D eigenvalue weighted by Gasteiger charge is -2.61. The van der Waals surface area contributed by atoms with Crippen LogP contribution in [0.1, 0.15) is 206 Å². The Hall–Kier alpha value is -13.5. The maximum Gasteiger partial charge on any atom is 0.296 e. The van der Waals surface area contributed by atoms with Crippen molar-refractivity contribution < 1.29 is 68.8 Å². The Morgan fingerprint density at radius 3 is 0.966 bits per heavy atom. The van der Waals surface area contributed by atoms with Crippen molar-refractivity contribution in [3.05, 3.63) is 264 Å². The predicted molar refractivity (Wildman–Crippen MR) is 540 cm³/mol. The summed E-state index contributed by atoms with van der Waals surface area (Å²) in [5, 5.41) is 70.7. The van der Waals surface area contributed by atoms with Crippen LogP contribution in [-0.4, -0.2) is 127 Å². The number of nitrogens with one attached hydrogen (secondary N) is 4. The topological polar surface area (TPSA) is 328 Å². The first kappa shape index (κ1) is 91.7. The highest BCUT2D eigenvalue weighted by Gasteiger charge is 2.64. The molecule has 16 fully saturated rings. The fourth-order valence-electron chi connectivity index (χ4n) is 34.2. The van der Waals surface area contributed by atoms with E-state index in [0.717, 1.165) is 173 Å². The molecule has 16 aromatic rings. The molecule has 20 aliphatic rings. The van der Waals surface area contributed by atoms with E-state index in [1.165, 1.54) is 54.6 Å². The summed E-state index contributed by atoms with van der Waals surface area (Å²) in [7, 11) is 0. The molecule has 0 amide bonds. The van der Waals surface area contributed by atoms with Crippen LogP contribution in [0.15, 0.2) is 213 Å². The minimum Gasteiger partial charge on any atom is -0.424 e. The highest BCUT2D eigenvalue weighted by atomic mass is 19.2. The Bertz CT molecular complexity index is 7760. The van der Waals surface area contributed by atoms with Crippen molar-refractivity contribution in [1.82, 2.24) is 58.1 Å². The van der Waals surface area contributed by atoms with E-state index in [1.54, 1.807) is 117 Å². The van der Waals surface area contributed by atoms with Gasteiger partial charge in [-0.2, -0.15) is 25.2 Å². The Balaban J connectivity index is 0.0000000935. The Morgan fingerprint density at radius 2 is 0.617 bits per heavy atom. The van der Waals surface area contributed by atoms with Crippen molar-refractivity contribution in [2.45, 2.75) is 227 Å². The van der Waals surface area contributed by atoms with Gasteiger partial charge >= 0.3 is 0 Å². The van der Waals surface area contributed by atoms with Gasteiger partial charge in [0.15, 0.2) is 28.1 Å². The maximum atomic E-state index is 15.0. The van der Waals surface area contributed by atoms with Gasteiger partial charge in [-0.3, -0.25) is 0 Å². The fourth-order valence-corrected chi connectivity index (χ4v) is 34.2. The summed E-state index contributed by atoms with van der Waals surface area (Å²) >= 11 is 0. The van der Waals surface area contributed by atoms with Gasteiger partial charge in [-0.05, 0) is 326 Å². The number of para-hydroxylation sites is 1. The second-order valence-corrected chi connectivity index (χ2v) is 47.3. The van der Waals surface area contributed by atoms with Crippen LogP contribution in [0.25, 0.3) is 89.4 Å². The van der Waals surface area contributed by atoms with Gasteiger partial charge in [-0.15, -0.1) is 0 Å². The summed E-state index contributed by atoms with van der Waals surface area (Å²) in [5.41, 5.74) is 14.1. The van der Waals surface area contributed by atoms with Gasteiger partial charge in [0.05, 0.1) is 133 Å². The molecule has 32 heteroatoms. The van der Waals surface area contributed by atoms with Crippen molar-refractivity contribution in [3.8, 4) is 51.1 Å². The van der Waals surface area contributed by atoms with E-state index in [2.05, 4.69) is 67.2 Å². The molecule has 8 aromatic heterocycles. The first-order chi connectivity index (χ1) is 72.4. The maximum absolute atomic E-state index is 15.0. The van der Waals surface area contributed by atoms with Crippen molar-refractivity contribution in [1.29, 1.82) is 5.26 Å². The molecular weight excluding hydrogens is 1900 g/mol. The van der Waals surface area contributed by atoms with E-state index in [-0.39, 0.29) is 116 Å². The number of fused-ring (bicyclic) bond motifs is 16. The summed E-state index contributed by atoms with van der Waals surface area (Å²) in [6.07, 6.45) is 34.7. The van der Waals surface area contributed by atoms with E-state index >= 15 is 4.39 Å². The minimum absolute atomic E-state index is 0.146. The fraction of sp³-hybridized carbons (Fsp3) is 0.444. The molecular formula is C117H112F7N17O8. The molecule has 4 aliphatic heterocycles. The van der Waals surface area contributed by atoms with E-state index in [9.17, 15) is 52.0 Å². The smallest absolute Gasteiger partial charge is 0.296 e. The monoisotopic (exact) mass is 2020 g/mol. The largest absolute Gasteiger partial charge is 0.424 e. The van der Waals surface area contributed by atoms with Crippen molar-refractivity contribution in [3.63, 3.8) is 0 Å².